The first kappa shape index (κ1) is 15.6. The average Bonchev–Trinajstić information content (AvgIpc) is 2.50. The van der Waals surface area contributed by atoms with Gasteiger partial charge in [0, 0.05) is 26.2 Å². The number of halogens is 1. The zero-order chi connectivity index (χ0) is 15.1. The minimum absolute atomic E-state index is 0.0893. The van der Waals surface area contributed by atoms with E-state index in [2.05, 4.69) is 17.0 Å². The Kier molecular flexibility index (Phi) is 5.87. The number of aliphatic hydroxyl groups excluding tert-OH is 1. The van der Waals surface area contributed by atoms with E-state index in [-0.39, 0.29) is 12.4 Å². The fourth-order valence-corrected chi connectivity index (χ4v) is 2.38. The van der Waals surface area contributed by atoms with Crippen molar-refractivity contribution < 1.29 is 9.50 Å². The largest absolute Gasteiger partial charge is 0.395 e. The Morgan fingerprint density at radius 1 is 1.00 bits per heavy atom. The molecule has 3 N–H and O–H groups in total. The van der Waals surface area contributed by atoms with Crippen molar-refractivity contribution in [1.82, 2.24) is 4.90 Å². The first-order chi connectivity index (χ1) is 10.2. The lowest BCUT2D eigenvalue weighted by molar-refractivity contribution is 0.184. The van der Waals surface area contributed by atoms with Crippen LogP contribution < -0.4 is 5.73 Å². The normalized spacial score (nSPS) is 11.0. The lowest BCUT2D eigenvalue weighted by atomic mass is 10.1. The molecule has 0 heterocycles. The van der Waals surface area contributed by atoms with Crippen LogP contribution in [0.5, 0.6) is 0 Å². The van der Waals surface area contributed by atoms with Gasteiger partial charge in [0.1, 0.15) is 5.82 Å². The van der Waals surface area contributed by atoms with Gasteiger partial charge in [-0.2, -0.15) is 0 Å². The van der Waals surface area contributed by atoms with Crippen molar-refractivity contribution in [2.24, 2.45) is 5.73 Å². The molecule has 4 heteroatoms. The summed E-state index contributed by atoms with van der Waals surface area (Å²) in [5.41, 5.74) is 8.68. The predicted molar refractivity (Wildman–Crippen MR) is 81.9 cm³/mol. The van der Waals surface area contributed by atoms with Crippen molar-refractivity contribution >= 4 is 0 Å². The molecule has 0 saturated heterocycles. The van der Waals surface area contributed by atoms with Gasteiger partial charge in [-0.3, -0.25) is 4.90 Å². The van der Waals surface area contributed by atoms with Crippen LogP contribution in [0.2, 0.25) is 0 Å². The molecule has 112 valence electrons. The van der Waals surface area contributed by atoms with Gasteiger partial charge in [-0.15, -0.1) is 0 Å². The van der Waals surface area contributed by atoms with Crippen molar-refractivity contribution in [2.75, 3.05) is 13.2 Å². The van der Waals surface area contributed by atoms with Crippen molar-refractivity contribution in [3.8, 4) is 0 Å². The molecule has 0 unspecified atom stereocenters. The Balaban J connectivity index is 2.12. The van der Waals surface area contributed by atoms with Crippen molar-refractivity contribution in [3.63, 3.8) is 0 Å². The second-order valence-electron chi connectivity index (χ2n) is 5.04. The zero-order valence-corrected chi connectivity index (χ0v) is 12.0. The lowest BCUT2D eigenvalue weighted by Crippen LogP contribution is -2.26. The van der Waals surface area contributed by atoms with Crippen LogP contribution in [0.3, 0.4) is 0 Å². The van der Waals surface area contributed by atoms with Gasteiger partial charge in [0.15, 0.2) is 0 Å². The Hall–Kier alpha value is -1.75. The minimum Gasteiger partial charge on any atom is -0.395 e. The zero-order valence-electron chi connectivity index (χ0n) is 12.0. The first-order valence-corrected chi connectivity index (χ1v) is 7.07. The van der Waals surface area contributed by atoms with E-state index in [4.69, 9.17) is 5.73 Å². The van der Waals surface area contributed by atoms with Crippen LogP contribution in [0.25, 0.3) is 0 Å². The van der Waals surface area contributed by atoms with Gasteiger partial charge in [0.05, 0.1) is 6.61 Å². The molecule has 0 radical (unpaired) electrons. The number of hydrogen-bond donors (Lipinski definition) is 2. The molecule has 0 amide bonds. The van der Waals surface area contributed by atoms with E-state index in [1.807, 2.05) is 18.2 Å². The molecule has 0 aliphatic heterocycles. The minimum atomic E-state index is -0.268. The molecule has 0 atom stereocenters. The molecule has 2 aromatic rings. The van der Waals surface area contributed by atoms with E-state index in [0.29, 0.717) is 19.6 Å². The third-order valence-electron chi connectivity index (χ3n) is 3.45. The van der Waals surface area contributed by atoms with Gasteiger partial charge < -0.3 is 10.8 Å². The third-order valence-corrected chi connectivity index (χ3v) is 3.45. The summed E-state index contributed by atoms with van der Waals surface area (Å²) in [6, 6.07) is 14.8. The molecule has 2 rings (SSSR count). The highest BCUT2D eigenvalue weighted by Crippen LogP contribution is 2.15. The lowest BCUT2D eigenvalue weighted by Gasteiger charge is -2.23. The summed E-state index contributed by atoms with van der Waals surface area (Å²) in [5.74, 6) is -0.268. The fraction of sp³-hybridized carbons (Fsp3) is 0.294. The molecule has 0 aliphatic rings. The van der Waals surface area contributed by atoms with Crippen molar-refractivity contribution in [1.29, 1.82) is 0 Å². The van der Waals surface area contributed by atoms with E-state index in [9.17, 15) is 9.50 Å². The predicted octanol–water partition coefficient (Wildman–Crippen LogP) is 2.28. The van der Waals surface area contributed by atoms with Gasteiger partial charge in [-0.25, -0.2) is 4.39 Å². The maximum Gasteiger partial charge on any atom is 0.123 e. The summed E-state index contributed by atoms with van der Waals surface area (Å²) < 4.78 is 13.3. The topological polar surface area (TPSA) is 49.5 Å². The third kappa shape index (κ3) is 4.63. The molecule has 0 fully saturated rings. The fourth-order valence-electron chi connectivity index (χ4n) is 2.38. The summed E-state index contributed by atoms with van der Waals surface area (Å²) in [6.07, 6.45) is 0. The molecule has 0 aromatic heterocycles. The maximum absolute atomic E-state index is 13.3. The Morgan fingerprint density at radius 3 is 2.43 bits per heavy atom. The van der Waals surface area contributed by atoms with Gasteiger partial charge in [-0.1, -0.05) is 36.4 Å². The summed E-state index contributed by atoms with van der Waals surface area (Å²) in [4.78, 5) is 2.13. The van der Waals surface area contributed by atoms with Crippen LogP contribution in [0.15, 0.2) is 48.5 Å². The molecular formula is C17H21FN2O. The molecule has 2 aromatic carbocycles. The van der Waals surface area contributed by atoms with Crippen LogP contribution in [0.1, 0.15) is 16.7 Å². The number of benzene rings is 2. The summed E-state index contributed by atoms with van der Waals surface area (Å²) in [6.45, 7) is 2.35. The average molecular weight is 288 g/mol. The smallest absolute Gasteiger partial charge is 0.123 e. The quantitative estimate of drug-likeness (QED) is 0.822. The standard InChI is InChI=1S/C17H21FN2O/c18-17-7-6-15(16(10-17)11-19)13-20(8-9-21)12-14-4-2-1-3-5-14/h1-7,10,21H,8-9,11-13,19H2. The summed E-state index contributed by atoms with van der Waals surface area (Å²) in [5, 5.41) is 9.24. The van der Waals surface area contributed by atoms with Gasteiger partial charge >= 0.3 is 0 Å². The highest BCUT2D eigenvalue weighted by molar-refractivity contribution is 5.28. The molecule has 0 bridgehead atoms. The van der Waals surface area contributed by atoms with Crippen LogP contribution >= 0.6 is 0 Å². The SMILES string of the molecule is NCc1cc(F)ccc1CN(CCO)Cc1ccccc1. The Morgan fingerprint density at radius 2 is 1.76 bits per heavy atom. The molecule has 0 aliphatic carbocycles. The van der Waals surface area contributed by atoms with Gasteiger partial charge in [0.25, 0.3) is 0 Å². The first-order valence-electron chi connectivity index (χ1n) is 7.07. The van der Waals surface area contributed by atoms with E-state index in [1.165, 1.54) is 17.7 Å². The second-order valence-corrected chi connectivity index (χ2v) is 5.04. The molecular weight excluding hydrogens is 267 g/mol. The Labute approximate surface area is 124 Å². The van der Waals surface area contributed by atoms with Crippen LogP contribution in [-0.2, 0) is 19.6 Å². The number of nitrogens with zero attached hydrogens (tertiary/aromatic N) is 1. The number of rotatable bonds is 7. The monoisotopic (exact) mass is 288 g/mol. The van der Waals surface area contributed by atoms with E-state index in [1.54, 1.807) is 6.07 Å². The Bertz CT molecular complexity index is 560. The van der Waals surface area contributed by atoms with Crippen LogP contribution in [0.4, 0.5) is 4.39 Å². The van der Waals surface area contributed by atoms with Crippen molar-refractivity contribution in [2.45, 2.75) is 19.6 Å². The molecule has 0 saturated carbocycles. The summed E-state index contributed by atoms with van der Waals surface area (Å²) in [7, 11) is 0. The highest BCUT2D eigenvalue weighted by atomic mass is 19.1. The van der Waals surface area contributed by atoms with E-state index >= 15 is 0 Å². The number of aliphatic hydroxyl groups is 1. The molecule has 0 spiro atoms. The van der Waals surface area contributed by atoms with Gasteiger partial charge in [-0.05, 0) is 28.8 Å². The number of hydrogen-bond acceptors (Lipinski definition) is 3. The van der Waals surface area contributed by atoms with E-state index in [0.717, 1.165) is 17.7 Å². The number of nitrogens with two attached hydrogens (primary N) is 1. The van der Waals surface area contributed by atoms with Crippen LogP contribution in [0, 0.1) is 5.82 Å². The van der Waals surface area contributed by atoms with Gasteiger partial charge in [0.2, 0.25) is 0 Å². The van der Waals surface area contributed by atoms with E-state index < -0.39 is 0 Å². The maximum atomic E-state index is 13.3. The van der Waals surface area contributed by atoms with Crippen LogP contribution in [-0.4, -0.2) is 23.2 Å². The second kappa shape index (κ2) is 7.88. The summed E-state index contributed by atoms with van der Waals surface area (Å²) >= 11 is 0. The molecule has 21 heavy (non-hydrogen) atoms. The highest BCUT2D eigenvalue weighted by Gasteiger charge is 2.10. The molecule has 3 nitrogen and oxygen atoms in total. The van der Waals surface area contributed by atoms with Crippen molar-refractivity contribution in [3.05, 3.63) is 71.0 Å².